The summed E-state index contributed by atoms with van der Waals surface area (Å²) >= 11 is 0. The number of ether oxygens (including phenoxy) is 1. The van der Waals surface area contributed by atoms with Crippen molar-refractivity contribution in [2.24, 2.45) is 0 Å². The minimum atomic E-state index is 0.313. The first kappa shape index (κ1) is 11.3. The number of phenols is 1. The summed E-state index contributed by atoms with van der Waals surface area (Å²) in [5.74, 6) is 1.33. The van der Waals surface area contributed by atoms with E-state index in [1.165, 1.54) is 5.56 Å². The van der Waals surface area contributed by atoms with Gasteiger partial charge in [0.05, 0.1) is 7.11 Å². The van der Waals surface area contributed by atoms with E-state index in [4.69, 9.17) is 4.74 Å². The second-order valence-corrected chi connectivity index (χ2v) is 4.28. The van der Waals surface area contributed by atoms with Crippen molar-refractivity contribution in [1.82, 2.24) is 5.32 Å². The molecule has 2 rings (SSSR count). The third-order valence-electron chi connectivity index (χ3n) is 3.29. The fraction of sp³-hybridized carbons (Fsp3) is 0.538. The molecular formula is C13H19NO2. The van der Waals surface area contributed by atoms with E-state index in [9.17, 15) is 5.11 Å². The Morgan fingerprint density at radius 2 is 2.31 bits per heavy atom. The molecule has 0 saturated carbocycles. The van der Waals surface area contributed by atoms with Gasteiger partial charge in [-0.25, -0.2) is 0 Å². The van der Waals surface area contributed by atoms with Gasteiger partial charge in [0.2, 0.25) is 0 Å². The van der Waals surface area contributed by atoms with E-state index >= 15 is 0 Å². The Morgan fingerprint density at radius 1 is 1.50 bits per heavy atom. The van der Waals surface area contributed by atoms with Crippen LogP contribution in [0.4, 0.5) is 0 Å². The summed E-state index contributed by atoms with van der Waals surface area (Å²) in [6, 6.07) is 4.02. The molecule has 0 spiro atoms. The second-order valence-electron chi connectivity index (χ2n) is 4.28. The van der Waals surface area contributed by atoms with Crippen molar-refractivity contribution >= 4 is 0 Å². The number of benzene rings is 1. The molecule has 1 unspecified atom stereocenters. The van der Waals surface area contributed by atoms with Crippen LogP contribution in [0.3, 0.4) is 0 Å². The first-order valence-corrected chi connectivity index (χ1v) is 5.86. The molecule has 0 amide bonds. The number of nitrogens with one attached hydrogen (secondary N) is 1. The number of aryl methyl sites for hydroxylation is 1. The van der Waals surface area contributed by atoms with E-state index in [0.717, 1.165) is 31.5 Å². The van der Waals surface area contributed by atoms with Crippen LogP contribution in [0.2, 0.25) is 0 Å². The molecule has 0 aromatic heterocycles. The van der Waals surface area contributed by atoms with Crippen molar-refractivity contribution in [2.75, 3.05) is 20.2 Å². The summed E-state index contributed by atoms with van der Waals surface area (Å²) in [6.45, 7) is 4.09. The molecule has 1 atom stereocenters. The summed E-state index contributed by atoms with van der Waals surface area (Å²) in [5, 5.41) is 13.4. The smallest absolute Gasteiger partial charge is 0.161 e. The Labute approximate surface area is 96.4 Å². The number of rotatable bonds is 3. The Hall–Kier alpha value is -1.22. The monoisotopic (exact) mass is 221 g/mol. The van der Waals surface area contributed by atoms with Crippen LogP contribution in [-0.2, 0) is 6.42 Å². The maximum absolute atomic E-state index is 10.1. The van der Waals surface area contributed by atoms with E-state index in [0.29, 0.717) is 17.4 Å². The Balaban J connectivity index is 2.41. The maximum Gasteiger partial charge on any atom is 0.161 e. The van der Waals surface area contributed by atoms with Crippen molar-refractivity contribution in [2.45, 2.75) is 25.7 Å². The molecule has 0 radical (unpaired) electrons. The minimum absolute atomic E-state index is 0.313. The highest BCUT2D eigenvalue weighted by molar-refractivity contribution is 5.50. The quantitative estimate of drug-likeness (QED) is 0.820. The van der Waals surface area contributed by atoms with Crippen LogP contribution < -0.4 is 10.1 Å². The molecule has 1 aromatic carbocycles. The summed E-state index contributed by atoms with van der Waals surface area (Å²) < 4.78 is 5.22. The fourth-order valence-electron chi connectivity index (χ4n) is 2.28. The van der Waals surface area contributed by atoms with Gasteiger partial charge in [-0.1, -0.05) is 13.0 Å². The van der Waals surface area contributed by atoms with E-state index in [1.807, 2.05) is 6.07 Å². The molecule has 88 valence electrons. The lowest BCUT2D eigenvalue weighted by atomic mass is 9.94. The standard InChI is InChI=1S/C13H19NO2/c1-3-9-6-11(10-4-5-14-8-10)13(15)12(7-9)16-2/h6-7,10,14-15H,3-5,8H2,1-2H3. The first-order chi connectivity index (χ1) is 7.76. The molecule has 1 fully saturated rings. The highest BCUT2D eigenvalue weighted by Gasteiger charge is 2.22. The second kappa shape index (κ2) is 4.74. The van der Waals surface area contributed by atoms with Gasteiger partial charge in [-0.2, -0.15) is 0 Å². The van der Waals surface area contributed by atoms with Crippen LogP contribution >= 0.6 is 0 Å². The molecule has 0 aliphatic carbocycles. The lowest BCUT2D eigenvalue weighted by Crippen LogP contribution is -2.08. The topological polar surface area (TPSA) is 41.5 Å². The maximum atomic E-state index is 10.1. The van der Waals surface area contributed by atoms with Crippen molar-refractivity contribution in [1.29, 1.82) is 0 Å². The predicted molar refractivity (Wildman–Crippen MR) is 64.3 cm³/mol. The fourth-order valence-corrected chi connectivity index (χ4v) is 2.28. The van der Waals surface area contributed by atoms with Gasteiger partial charge in [-0.05, 0) is 31.0 Å². The van der Waals surface area contributed by atoms with Crippen LogP contribution in [0.5, 0.6) is 11.5 Å². The van der Waals surface area contributed by atoms with Gasteiger partial charge in [0, 0.05) is 18.0 Å². The van der Waals surface area contributed by atoms with Crippen LogP contribution in [0, 0.1) is 0 Å². The molecule has 16 heavy (non-hydrogen) atoms. The molecule has 1 aromatic rings. The van der Waals surface area contributed by atoms with Gasteiger partial charge in [-0.15, -0.1) is 0 Å². The molecule has 1 aliphatic rings. The zero-order valence-corrected chi connectivity index (χ0v) is 9.92. The van der Waals surface area contributed by atoms with Gasteiger partial charge >= 0.3 is 0 Å². The number of aromatic hydroxyl groups is 1. The molecule has 1 heterocycles. The predicted octanol–water partition coefficient (Wildman–Crippen LogP) is 2.04. The van der Waals surface area contributed by atoms with Gasteiger partial charge in [-0.3, -0.25) is 0 Å². The van der Waals surface area contributed by atoms with Crippen LogP contribution in [0.15, 0.2) is 12.1 Å². The van der Waals surface area contributed by atoms with Crippen molar-refractivity contribution in [3.05, 3.63) is 23.3 Å². The Bertz CT molecular complexity index is 370. The third kappa shape index (κ3) is 2.00. The molecular weight excluding hydrogens is 202 g/mol. The lowest BCUT2D eigenvalue weighted by molar-refractivity contribution is 0.368. The molecule has 2 N–H and O–H groups in total. The van der Waals surface area contributed by atoms with E-state index < -0.39 is 0 Å². The van der Waals surface area contributed by atoms with Crippen molar-refractivity contribution in [3.8, 4) is 11.5 Å². The molecule has 3 nitrogen and oxygen atoms in total. The molecule has 3 heteroatoms. The number of hydrogen-bond acceptors (Lipinski definition) is 3. The highest BCUT2D eigenvalue weighted by atomic mass is 16.5. The summed E-state index contributed by atoms with van der Waals surface area (Å²) in [6.07, 6.45) is 2.05. The molecule has 1 saturated heterocycles. The highest BCUT2D eigenvalue weighted by Crippen LogP contribution is 2.38. The molecule has 0 bridgehead atoms. The van der Waals surface area contributed by atoms with Gasteiger partial charge in [0.1, 0.15) is 0 Å². The van der Waals surface area contributed by atoms with Gasteiger partial charge in [0.15, 0.2) is 11.5 Å². The van der Waals surface area contributed by atoms with E-state index in [2.05, 4.69) is 18.3 Å². The van der Waals surface area contributed by atoms with E-state index in [-0.39, 0.29) is 0 Å². The van der Waals surface area contributed by atoms with Crippen molar-refractivity contribution < 1.29 is 9.84 Å². The first-order valence-electron chi connectivity index (χ1n) is 5.86. The average Bonchev–Trinajstić information content (AvgIpc) is 2.83. The lowest BCUT2D eigenvalue weighted by Gasteiger charge is -2.15. The number of methoxy groups -OCH3 is 1. The van der Waals surface area contributed by atoms with Crippen LogP contribution in [-0.4, -0.2) is 25.3 Å². The average molecular weight is 221 g/mol. The normalized spacial score (nSPS) is 20.0. The SMILES string of the molecule is CCc1cc(OC)c(O)c(C2CCNC2)c1. The largest absolute Gasteiger partial charge is 0.504 e. The third-order valence-corrected chi connectivity index (χ3v) is 3.29. The summed E-state index contributed by atoms with van der Waals surface area (Å²) in [5.41, 5.74) is 2.25. The van der Waals surface area contributed by atoms with Gasteiger partial charge in [0.25, 0.3) is 0 Å². The van der Waals surface area contributed by atoms with Crippen LogP contribution in [0.1, 0.15) is 30.4 Å². The molecule has 1 aliphatic heterocycles. The van der Waals surface area contributed by atoms with E-state index in [1.54, 1.807) is 7.11 Å². The minimum Gasteiger partial charge on any atom is -0.504 e. The summed E-state index contributed by atoms with van der Waals surface area (Å²) in [7, 11) is 1.60. The number of hydrogen-bond donors (Lipinski definition) is 2. The Morgan fingerprint density at radius 3 is 2.88 bits per heavy atom. The zero-order valence-electron chi connectivity index (χ0n) is 9.92. The zero-order chi connectivity index (χ0) is 11.5. The van der Waals surface area contributed by atoms with Crippen molar-refractivity contribution in [3.63, 3.8) is 0 Å². The summed E-state index contributed by atoms with van der Waals surface area (Å²) in [4.78, 5) is 0. The van der Waals surface area contributed by atoms with Gasteiger partial charge < -0.3 is 15.2 Å². The Kier molecular flexibility index (Phi) is 3.34. The number of phenolic OH excluding ortho intramolecular Hbond substituents is 1. The van der Waals surface area contributed by atoms with Crippen LogP contribution in [0.25, 0.3) is 0 Å².